The standard InChI is InChI=1S/C21H23N5O/c1-26-14-17(12-11-16-9-5-6-10-18(16)26)22-21(27)20-23-19(24-25-20)13-15-7-3-2-4-8-15/h2-10,17H,11-14H2,1H3,(H,22,27)(H,23,24,25). The van der Waals surface area contributed by atoms with Gasteiger partial charge in [-0.3, -0.25) is 9.89 Å². The Morgan fingerprint density at radius 2 is 1.96 bits per heavy atom. The van der Waals surface area contributed by atoms with Gasteiger partial charge in [0.05, 0.1) is 0 Å². The first-order valence-electron chi connectivity index (χ1n) is 9.24. The van der Waals surface area contributed by atoms with Crippen LogP contribution in [0.4, 0.5) is 5.69 Å². The number of aromatic amines is 1. The fourth-order valence-corrected chi connectivity index (χ4v) is 3.58. The van der Waals surface area contributed by atoms with Gasteiger partial charge >= 0.3 is 0 Å². The van der Waals surface area contributed by atoms with Gasteiger partial charge in [0, 0.05) is 31.7 Å². The first-order valence-corrected chi connectivity index (χ1v) is 9.24. The van der Waals surface area contributed by atoms with Crippen LogP contribution < -0.4 is 10.2 Å². The van der Waals surface area contributed by atoms with E-state index in [1.54, 1.807) is 0 Å². The largest absolute Gasteiger partial charge is 0.372 e. The van der Waals surface area contributed by atoms with Crippen molar-refractivity contribution in [3.63, 3.8) is 0 Å². The minimum absolute atomic E-state index is 0.0611. The number of nitrogens with one attached hydrogen (secondary N) is 2. The molecule has 2 heterocycles. The first-order chi connectivity index (χ1) is 13.2. The van der Waals surface area contributed by atoms with Crippen LogP contribution in [0.25, 0.3) is 0 Å². The highest BCUT2D eigenvalue weighted by molar-refractivity contribution is 5.90. The zero-order valence-electron chi connectivity index (χ0n) is 15.4. The van der Waals surface area contributed by atoms with Crippen molar-refractivity contribution in [2.75, 3.05) is 18.5 Å². The summed E-state index contributed by atoms with van der Waals surface area (Å²) in [6.45, 7) is 0.768. The number of aryl methyl sites for hydroxylation is 1. The van der Waals surface area contributed by atoms with E-state index in [2.05, 4.69) is 56.7 Å². The van der Waals surface area contributed by atoms with Crippen LogP contribution in [0.15, 0.2) is 54.6 Å². The van der Waals surface area contributed by atoms with Crippen molar-refractivity contribution in [3.8, 4) is 0 Å². The van der Waals surface area contributed by atoms with Crippen LogP contribution in [0.1, 0.15) is 34.0 Å². The first kappa shape index (κ1) is 17.3. The van der Waals surface area contributed by atoms with E-state index in [0.29, 0.717) is 12.2 Å². The topological polar surface area (TPSA) is 73.9 Å². The van der Waals surface area contributed by atoms with E-state index in [4.69, 9.17) is 0 Å². The Morgan fingerprint density at radius 3 is 2.81 bits per heavy atom. The van der Waals surface area contributed by atoms with Crippen molar-refractivity contribution < 1.29 is 4.79 Å². The number of para-hydroxylation sites is 1. The molecule has 1 aliphatic rings. The summed E-state index contributed by atoms with van der Waals surface area (Å²) in [4.78, 5) is 19.2. The van der Waals surface area contributed by atoms with Gasteiger partial charge in [-0.1, -0.05) is 48.5 Å². The van der Waals surface area contributed by atoms with E-state index in [1.807, 2.05) is 30.3 Å². The molecule has 27 heavy (non-hydrogen) atoms. The van der Waals surface area contributed by atoms with Crippen LogP contribution in [-0.2, 0) is 12.8 Å². The average molecular weight is 361 g/mol. The minimum atomic E-state index is -0.227. The highest BCUT2D eigenvalue weighted by atomic mass is 16.2. The number of hydrogen-bond acceptors (Lipinski definition) is 4. The number of likely N-dealkylation sites (N-methyl/N-ethyl adjacent to an activating group) is 1. The van der Waals surface area contributed by atoms with Crippen LogP contribution in [0, 0.1) is 0 Å². The summed E-state index contributed by atoms with van der Waals surface area (Å²) < 4.78 is 0. The third-order valence-electron chi connectivity index (χ3n) is 4.94. The van der Waals surface area contributed by atoms with E-state index in [1.165, 1.54) is 11.3 Å². The molecule has 0 spiro atoms. The molecule has 0 saturated carbocycles. The lowest BCUT2D eigenvalue weighted by Gasteiger charge is -2.23. The molecule has 0 fully saturated rings. The number of amides is 1. The molecule has 1 atom stereocenters. The predicted octanol–water partition coefficient (Wildman–Crippen LogP) is 2.58. The Kier molecular flexibility index (Phi) is 4.87. The third kappa shape index (κ3) is 4.00. The molecule has 6 heteroatoms. The molecule has 0 aliphatic carbocycles. The Hall–Kier alpha value is -3.15. The lowest BCUT2D eigenvalue weighted by molar-refractivity contribution is 0.0926. The molecule has 4 rings (SSSR count). The van der Waals surface area contributed by atoms with Gasteiger partial charge in [-0.25, -0.2) is 4.98 Å². The van der Waals surface area contributed by atoms with Crippen LogP contribution in [-0.4, -0.2) is 40.7 Å². The second kappa shape index (κ2) is 7.61. The lowest BCUT2D eigenvalue weighted by atomic mass is 10.1. The summed E-state index contributed by atoms with van der Waals surface area (Å²) in [5, 5.41) is 10.1. The van der Waals surface area contributed by atoms with Gasteiger partial charge in [-0.05, 0) is 30.0 Å². The quantitative estimate of drug-likeness (QED) is 0.749. The maximum Gasteiger partial charge on any atom is 0.291 e. The molecule has 1 unspecified atom stereocenters. The molecule has 6 nitrogen and oxygen atoms in total. The van der Waals surface area contributed by atoms with Gasteiger partial charge in [0.1, 0.15) is 5.82 Å². The molecule has 138 valence electrons. The number of hydrogen-bond donors (Lipinski definition) is 2. The summed E-state index contributed by atoms with van der Waals surface area (Å²) in [5.74, 6) is 0.664. The molecule has 1 aromatic heterocycles. The van der Waals surface area contributed by atoms with Crippen molar-refractivity contribution in [2.45, 2.75) is 25.3 Å². The summed E-state index contributed by atoms with van der Waals surface area (Å²) >= 11 is 0. The number of aromatic nitrogens is 3. The van der Waals surface area contributed by atoms with E-state index >= 15 is 0 Å². The fourth-order valence-electron chi connectivity index (χ4n) is 3.58. The maximum absolute atomic E-state index is 12.6. The van der Waals surface area contributed by atoms with Gasteiger partial charge in [0.2, 0.25) is 5.82 Å². The number of carbonyl (C=O) groups is 1. The van der Waals surface area contributed by atoms with Crippen molar-refractivity contribution >= 4 is 11.6 Å². The maximum atomic E-state index is 12.6. The molecule has 1 amide bonds. The van der Waals surface area contributed by atoms with Gasteiger partial charge in [-0.15, -0.1) is 5.10 Å². The molecule has 0 bridgehead atoms. The minimum Gasteiger partial charge on any atom is -0.372 e. The molecule has 1 aliphatic heterocycles. The van der Waals surface area contributed by atoms with Crippen molar-refractivity contribution in [3.05, 3.63) is 77.4 Å². The van der Waals surface area contributed by atoms with E-state index in [0.717, 1.165) is 24.9 Å². The smallest absolute Gasteiger partial charge is 0.291 e. The molecular weight excluding hydrogens is 338 g/mol. The van der Waals surface area contributed by atoms with Gasteiger partial charge in [-0.2, -0.15) is 0 Å². The number of fused-ring (bicyclic) bond motifs is 1. The summed E-state index contributed by atoms with van der Waals surface area (Å²) in [6, 6.07) is 18.5. The lowest BCUT2D eigenvalue weighted by Crippen LogP contribution is -2.42. The second-order valence-corrected chi connectivity index (χ2v) is 6.99. The SMILES string of the molecule is CN1CC(NC(=O)c2n[nH]c(Cc3ccccc3)n2)CCc2ccccc21. The molecule has 2 N–H and O–H groups in total. The van der Waals surface area contributed by atoms with Crippen molar-refractivity contribution in [1.82, 2.24) is 20.5 Å². The van der Waals surface area contributed by atoms with Crippen LogP contribution in [0.5, 0.6) is 0 Å². The molecular formula is C21H23N5O. The summed E-state index contributed by atoms with van der Waals surface area (Å²) in [5.41, 5.74) is 3.68. The van der Waals surface area contributed by atoms with Crippen molar-refractivity contribution in [1.29, 1.82) is 0 Å². The van der Waals surface area contributed by atoms with E-state index in [9.17, 15) is 4.79 Å². The molecule has 2 aromatic carbocycles. The normalized spacial score (nSPS) is 16.5. The number of rotatable bonds is 4. The fraction of sp³-hybridized carbons (Fsp3) is 0.286. The summed E-state index contributed by atoms with van der Waals surface area (Å²) in [6.07, 6.45) is 2.47. The van der Waals surface area contributed by atoms with E-state index < -0.39 is 0 Å². The Bertz CT molecular complexity index is 921. The average Bonchev–Trinajstić information content (AvgIpc) is 3.09. The van der Waals surface area contributed by atoms with Crippen LogP contribution in [0.3, 0.4) is 0 Å². The van der Waals surface area contributed by atoms with Crippen LogP contribution in [0.2, 0.25) is 0 Å². The second-order valence-electron chi connectivity index (χ2n) is 6.99. The van der Waals surface area contributed by atoms with Crippen molar-refractivity contribution in [2.24, 2.45) is 0 Å². The number of nitrogens with zero attached hydrogens (tertiary/aromatic N) is 3. The zero-order valence-corrected chi connectivity index (χ0v) is 15.4. The Morgan fingerprint density at radius 1 is 1.19 bits per heavy atom. The number of H-pyrrole nitrogens is 1. The highest BCUT2D eigenvalue weighted by Gasteiger charge is 2.22. The summed E-state index contributed by atoms with van der Waals surface area (Å²) in [7, 11) is 2.06. The zero-order chi connectivity index (χ0) is 18.6. The third-order valence-corrected chi connectivity index (χ3v) is 4.94. The Balaban J connectivity index is 1.40. The van der Waals surface area contributed by atoms with Gasteiger partial charge < -0.3 is 10.2 Å². The monoisotopic (exact) mass is 361 g/mol. The Labute approximate surface area is 158 Å². The molecule has 3 aromatic rings. The number of benzene rings is 2. The highest BCUT2D eigenvalue weighted by Crippen LogP contribution is 2.24. The van der Waals surface area contributed by atoms with Crippen LogP contribution >= 0.6 is 0 Å². The van der Waals surface area contributed by atoms with Gasteiger partial charge in [0.25, 0.3) is 5.91 Å². The number of anilines is 1. The molecule has 0 radical (unpaired) electrons. The predicted molar refractivity (Wildman–Crippen MR) is 105 cm³/mol. The number of carbonyl (C=O) groups excluding carboxylic acids is 1. The van der Waals surface area contributed by atoms with Gasteiger partial charge in [0.15, 0.2) is 0 Å². The van der Waals surface area contributed by atoms with E-state index in [-0.39, 0.29) is 17.8 Å². The molecule has 0 saturated heterocycles.